The molecular formula is C24H23N3O. The average molecular weight is 369 g/mol. The molecular weight excluding hydrogens is 346 g/mol. The van der Waals surface area contributed by atoms with E-state index in [0.29, 0.717) is 30.3 Å². The van der Waals surface area contributed by atoms with Crippen molar-refractivity contribution in [1.29, 1.82) is 5.26 Å². The van der Waals surface area contributed by atoms with Crippen LogP contribution in [0.4, 0.5) is 5.69 Å². The predicted octanol–water partition coefficient (Wildman–Crippen LogP) is 4.88. The van der Waals surface area contributed by atoms with Gasteiger partial charge in [-0.15, -0.1) is 0 Å². The van der Waals surface area contributed by atoms with Crippen LogP contribution >= 0.6 is 0 Å². The molecule has 3 aromatic carbocycles. The molecule has 0 saturated carbocycles. The molecule has 1 unspecified atom stereocenters. The first-order chi connectivity index (χ1) is 13.8. The van der Waals surface area contributed by atoms with E-state index in [0.717, 1.165) is 19.4 Å². The van der Waals surface area contributed by atoms with Crippen molar-refractivity contribution in [2.75, 3.05) is 18.4 Å². The van der Waals surface area contributed by atoms with Gasteiger partial charge in [0.05, 0.1) is 11.3 Å². The minimum atomic E-state index is -0.0498. The second kappa shape index (κ2) is 8.24. The Morgan fingerprint density at radius 3 is 2.75 bits per heavy atom. The molecule has 0 spiro atoms. The Morgan fingerprint density at radius 1 is 1.07 bits per heavy atom. The average Bonchev–Trinajstić information content (AvgIpc) is 3.20. The molecule has 0 bridgehead atoms. The molecule has 3 aromatic rings. The van der Waals surface area contributed by atoms with E-state index in [9.17, 15) is 10.1 Å². The summed E-state index contributed by atoms with van der Waals surface area (Å²) in [5.41, 5.74) is 2.43. The van der Waals surface area contributed by atoms with Crippen molar-refractivity contribution < 1.29 is 4.79 Å². The Bertz CT molecular complexity index is 1030. The highest BCUT2D eigenvalue weighted by Crippen LogP contribution is 2.35. The standard InChI is InChI=1S/C24H23N3O/c25-17-19-8-2-4-12-22(19)26-24(28)14-16-27-15-6-13-23(27)21-11-5-9-18-7-1-3-10-20(18)21/h1-5,7-12,23H,6,13-16H2,(H,26,28). The third-order valence-corrected chi connectivity index (χ3v) is 5.49. The lowest BCUT2D eigenvalue weighted by molar-refractivity contribution is -0.116. The number of likely N-dealkylation sites (tertiary alicyclic amines) is 1. The maximum atomic E-state index is 12.4. The number of carbonyl (C=O) groups excluding carboxylic acids is 1. The maximum absolute atomic E-state index is 12.4. The molecule has 0 radical (unpaired) electrons. The van der Waals surface area contributed by atoms with Gasteiger partial charge in [0, 0.05) is 19.0 Å². The van der Waals surface area contributed by atoms with E-state index in [1.807, 2.05) is 6.07 Å². The van der Waals surface area contributed by atoms with E-state index in [2.05, 4.69) is 58.8 Å². The van der Waals surface area contributed by atoms with Gasteiger partial charge in [-0.2, -0.15) is 5.26 Å². The van der Waals surface area contributed by atoms with Gasteiger partial charge in [0.2, 0.25) is 5.91 Å². The van der Waals surface area contributed by atoms with E-state index < -0.39 is 0 Å². The zero-order valence-electron chi connectivity index (χ0n) is 15.8. The predicted molar refractivity (Wildman–Crippen MR) is 112 cm³/mol. The number of benzene rings is 3. The summed E-state index contributed by atoms with van der Waals surface area (Å²) >= 11 is 0. The summed E-state index contributed by atoms with van der Waals surface area (Å²) in [5.74, 6) is -0.0498. The van der Waals surface area contributed by atoms with Gasteiger partial charge in [-0.25, -0.2) is 0 Å². The van der Waals surface area contributed by atoms with Crippen LogP contribution in [0, 0.1) is 11.3 Å². The van der Waals surface area contributed by atoms with Crippen LogP contribution in [0.25, 0.3) is 10.8 Å². The molecule has 0 aromatic heterocycles. The first kappa shape index (κ1) is 18.2. The fraction of sp³-hybridized carbons (Fsp3) is 0.250. The van der Waals surface area contributed by atoms with Gasteiger partial charge >= 0.3 is 0 Å². The Labute approximate surface area is 165 Å². The molecule has 1 amide bonds. The quantitative estimate of drug-likeness (QED) is 0.697. The normalized spacial score (nSPS) is 16.8. The van der Waals surface area contributed by atoms with E-state index in [4.69, 9.17) is 0 Å². The van der Waals surface area contributed by atoms with Crippen LogP contribution in [0.5, 0.6) is 0 Å². The number of nitrogens with one attached hydrogen (secondary N) is 1. The first-order valence-corrected chi connectivity index (χ1v) is 9.77. The molecule has 1 heterocycles. The number of fused-ring (bicyclic) bond motifs is 1. The molecule has 1 atom stereocenters. The molecule has 1 N–H and O–H groups in total. The summed E-state index contributed by atoms with van der Waals surface area (Å²) in [4.78, 5) is 14.9. The number of anilines is 1. The van der Waals surface area contributed by atoms with Crippen LogP contribution in [0.1, 0.15) is 36.4 Å². The molecule has 4 nitrogen and oxygen atoms in total. The smallest absolute Gasteiger partial charge is 0.225 e. The van der Waals surface area contributed by atoms with Crippen LogP contribution in [0.2, 0.25) is 0 Å². The Morgan fingerprint density at radius 2 is 1.86 bits per heavy atom. The van der Waals surface area contributed by atoms with Crippen molar-refractivity contribution in [2.45, 2.75) is 25.3 Å². The number of carbonyl (C=O) groups is 1. The Balaban J connectivity index is 1.44. The molecule has 1 saturated heterocycles. The van der Waals surface area contributed by atoms with E-state index in [1.165, 1.54) is 16.3 Å². The van der Waals surface area contributed by atoms with Crippen LogP contribution in [0.3, 0.4) is 0 Å². The molecule has 0 aliphatic carbocycles. The lowest BCUT2D eigenvalue weighted by Crippen LogP contribution is -2.28. The van der Waals surface area contributed by atoms with E-state index >= 15 is 0 Å². The molecule has 140 valence electrons. The fourth-order valence-corrected chi connectivity index (χ4v) is 4.13. The largest absolute Gasteiger partial charge is 0.325 e. The summed E-state index contributed by atoms with van der Waals surface area (Å²) < 4.78 is 0. The van der Waals surface area contributed by atoms with Crippen molar-refractivity contribution >= 4 is 22.4 Å². The number of para-hydroxylation sites is 1. The molecule has 1 aliphatic heterocycles. The molecule has 4 rings (SSSR count). The minimum Gasteiger partial charge on any atom is -0.325 e. The second-order valence-corrected chi connectivity index (χ2v) is 7.22. The molecule has 1 fully saturated rings. The monoisotopic (exact) mass is 369 g/mol. The SMILES string of the molecule is N#Cc1ccccc1NC(=O)CCN1CCCC1c1cccc2ccccc12. The molecule has 4 heteroatoms. The number of hydrogen-bond donors (Lipinski definition) is 1. The van der Waals surface area contributed by atoms with Crippen LogP contribution in [0.15, 0.2) is 66.7 Å². The summed E-state index contributed by atoms with van der Waals surface area (Å²) in [5, 5.41) is 14.6. The van der Waals surface area contributed by atoms with Crippen LogP contribution in [-0.2, 0) is 4.79 Å². The van der Waals surface area contributed by atoms with Crippen LogP contribution < -0.4 is 5.32 Å². The van der Waals surface area contributed by atoms with Gasteiger partial charge in [0.25, 0.3) is 0 Å². The van der Waals surface area contributed by atoms with Gasteiger partial charge in [-0.1, -0.05) is 54.6 Å². The minimum absolute atomic E-state index is 0.0498. The highest BCUT2D eigenvalue weighted by Gasteiger charge is 2.27. The topological polar surface area (TPSA) is 56.1 Å². The number of rotatable bonds is 5. The third-order valence-electron chi connectivity index (χ3n) is 5.49. The first-order valence-electron chi connectivity index (χ1n) is 9.77. The Hall–Kier alpha value is -3.16. The Kier molecular flexibility index (Phi) is 5.36. The molecule has 28 heavy (non-hydrogen) atoms. The molecule has 1 aliphatic rings. The van der Waals surface area contributed by atoms with E-state index in [-0.39, 0.29) is 5.91 Å². The number of amides is 1. The lowest BCUT2D eigenvalue weighted by Gasteiger charge is -2.25. The van der Waals surface area contributed by atoms with Gasteiger partial charge in [0.1, 0.15) is 6.07 Å². The van der Waals surface area contributed by atoms with Crippen molar-refractivity contribution in [3.8, 4) is 6.07 Å². The number of nitriles is 1. The highest BCUT2D eigenvalue weighted by atomic mass is 16.1. The summed E-state index contributed by atoms with van der Waals surface area (Å²) in [6.45, 7) is 1.73. The zero-order chi connectivity index (χ0) is 19.3. The summed E-state index contributed by atoms with van der Waals surface area (Å²) in [6.07, 6.45) is 2.68. The summed E-state index contributed by atoms with van der Waals surface area (Å²) in [7, 11) is 0. The van der Waals surface area contributed by atoms with Gasteiger partial charge in [0.15, 0.2) is 0 Å². The van der Waals surface area contributed by atoms with Gasteiger partial charge < -0.3 is 5.32 Å². The van der Waals surface area contributed by atoms with Crippen molar-refractivity contribution in [3.63, 3.8) is 0 Å². The zero-order valence-corrected chi connectivity index (χ0v) is 15.8. The highest BCUT2D eigenvalue weighted by molar-refractivity contribution is 5.92. The van der Waals surface area contributed by atoms with E-state index in [1.54, 1.807) is 18.2 Å². The van der Waals surface area contributed by atoms with Gasteiger partial charge in [-0.3, -0.25) is 9.69 Å². The number of hydrogen-bond acceptors (Lipinski definition) is 3. The van der Waals surface area contributed by atoms with Crippen LogP contribution in [-0.4, -0.2) is 23.9 Å². The maximum Gasteiger partial charge on any atom is 0.225 e. The lowest BCUT2D eigenvalue weighted by atomic mass is 9.97. The number of nitrogens with zero attached hydrogens (tertiary/aromatic N) is 2. The van der Waals surface area contributed by atoms with Crippen molar-refractivity contribution in [2.24, 2.45) is 0 Å². The van der Waals surface area contributed by atoms with Crippen molar-refractivity contribution in [1.82, 2.24) is 4.90 Å². The summed E-state index contributed by atoms with van der Waals surface area (Å²) in [6, 6.07) is 24.6. The van der Waals surface area contributed by atoms with Gasteiger partial charge in [-0.05, 0) is 47.9 Å². The second-order valence-electron chi connectivity index (χ2n) is 7.22. The third kappa shape index (κ3) is 3.76. The fourth-order valence-electron chi connectivity index (χ4n) is 4.13. The van der Waals surface area contributed by atoms with Crippen molar-refractivity contribution in [3.05, 3.63) is 77.9 Å².